The van der Waals surface area contributed by atoms with Gasteiger partial charge in [-0.2, -0.15) is 0 Å². The molecule has 0 unspecified atom stereocenters. The van der Waals surface area contributed by atoms with E-state index in [2.05, 4.69) is 5.32 Å². The first-order valence-electron chi connectivity index (χ1n) is 9.54. The van der Waals surface area contributed by atoms with Gasteiger partial charge in [-0.05, 0) is 61.2 Å². The number of sulfonamides is 1. The van der Waals surface area contributed by atoms with Gasteiger partial charge < -0.3 is 5.32 Å². The molecule has 0 spiro atoms. The van der Waals surface area contributed by atoms with Crippen molar-refractivity contribution >= 4 is 27.3 Å². The quantitative estimate of drug-likeness (QED) is 0.699. The fourth-order valence-electron chi connectivity index (χ4n) is 3.61. The summed E-state index contributed by atoms with van der Waals surface area (Å²) < 4.78 is 27.8. The fraction of sp³-hybridized carbons (Fsp3) is 0.174. The second-order valence-corrected chi connectivity index (χ2v) is 8.97. The molecule has 0 saturated carbocycles. The Labute approximate surface area is 171 Å². The number of aryl methyl sites for hydroxylation is 2. The molecule has 1 aliphatic rings. The molecule has 3 aromatic carbocycles. The lowest BCUT2D eigenvalue weighted by Crippen LogP contribution is -2.35. The Morgan fingerprint density at radius 2 is 1.69 bits per heavy atom. The Balaban J connectivity index is 1.68. The van der Waals surface area contributed by atoms with Crippen LogP contribution in [0.3, 0.4) is 0 Å². The number of nitrogens with zero attached hydrogens (tertiary/aromatic N) is 1. The number of fused-ring (bicyclic) bond motifs is 1. The average molecular weight is 407 g/mol. The van der Waals surface area contributed by atoms with Crippen molar-refractivity contribution in [3.05, 3.63) is 89.5 Å². The highest BCUT2D eigenvalue weighted by molar-refractivity contribution is 7.92. The maximum absolute atomic E-state index is 13.2. The van der Waals surface area contributed by atoms with Crippen LogP contribution in [0.4, 0.5) is 11.4 Å². The molecule has 0 aliphatic carbocycles. The van der Waals surface area contributed by atoms with Crippen LogP contribution < -0.4 is 9.62 Å². The van der Waals surface area contributed by atoms with Gasteiger partial charge in [-0.1, -0.05) is 42.5 Å². The van der Waals surface area contributed by atoms with Crippen LogP contribution in [-0.4, -0.2) is 20.9 Å². The van der Waals surface area contributed by atoms with Gasteiger partial charge in [0.1, 0.15) is 0 Å². The van der Waals surface area contributed by atoms with Gasteiger partial charge in [0.05, 0.1) is 10.6 Å². The van der Waals surface area contributed by atoms with E-state index < -0.39 is 10.0 Å². The molecule has 4 rings (SSSR count). The van der Waals surface area contributed by atoms with Gasteiger partial charge >= 0.3 is 0 Å². The van der Waals surface area contributed by atoms with E-state index in [1.165, 1.54) is 4.31 Å². The number of carbonyl (C=O) groups is 1. The Bertz CT molecular complexity index is 1160. The van der Waals surface area contributed by atoms with Crippen LogP contribution in [0.1, 0.15) is 27.9 Å². The van der Waals surface area contributed by atoms with Crippen molar-refractivity contribution in [2.75, 3.05) is 16.2 Å². The summed E-state index contributed by atoms with van der Waals surface area (Å²) in [6.45, 7) is 2.30. The zero-order valence-corrected chi connectivity index (χ0v) is 16.9. The monoisotopic (exact) mass is 406 g/mol. The summed E-state index contributed by atoms with van der Waals surface area (Å²) in [7, 11) is -3.66. The van der Waals surface area contributed by atoms with Crippen LogP contribution in [0.2, 0.25) is 0 Å². The first kappa shape index (κ1) is 19.2. The molecular weight excluding hydrogens is 384 g/mol. The number of benzene rings is 3. The van der Waals surface area contributed by atoms with Gasteiger partial charge in [0.15, 0.2) is 0 Å². The van der Waals surface area contributed by atoms with Crippen LogP contribution in [0.5, 0.6) is 0 Å². The number of amides is 1. The molecule has 0 radical (unpaired) electrons. The SMILES string of the molecule is Cc1ccccc1C(=O)Nc1ccc2c(c1)N(S(=O)(=O)c1ccccc1)CCC2. The lowest BCUT2D eigenvalue weighted by Gasteiger charge is -2.31. The summed E-state index contributed by atoms with van der Waals surface area (Å²) in [5.41, 5.74) is 3.65. The second-order valence-electron chi connectivity index (χ2n) is 7.11. The molecule has 0 aromatic heterocycles. The van der Waals surface area contributed by atoms with E-state index in [1.807, 2.05) is 37.3 Å². The normalized spacial score (nSPS) is 13.6. The number of carbonyl (C=O) groups excluding carboxylic acids is 1. The molecule has 1 aliphatic heterocycles. The van der Waals surface area contributed by atoms with E-state index in [0.717, 1.165) is 24.0 Å². The van der Waals surface area contributed by atoms with Crippen molar-refractivity contribution in [2.45, 2.75) is 24.7 Å². The van der Waals surface area contributed by atoms with Gasteiger partial charge in [0, 0.05) is 17.8 Å². The zero-order valence-electron chi connectivity index (χ0n) is 16.1. The maximum atomic E-state index is 13.2. The van der Waals surface area contributed by atoms with Crippen LogP contribution in [0.15, 0.2) is 77.7 Å². The zero-order chi connectivity index (χ0) is 20.4. The van der Waals surface area contributed by atoms with Crippen molar-refractivity contribution in [1.29, 1.82) is 0 Å². The minimum Gasteiger partial charge on any atom is -0.322 e. The van der Waals surface area contributed by atoms with E-state index in [0.29, 0.717) is 23.5 Å². The summed E-state index contributed by atoms with van der Waals surface area (Å²) in [4.78, 5) is 12.9. The molecule has 1 N–H and O–H groups in total. The number of hydrogen-bond donors (Lipinski definition) is 1. The van der Waals surface area contributed by atoms with E-state index in [-0.39, 0.29) is 10.8 Å². The molecule has 0 atom stereocenters. The Morgan fingerprint density at radius 1 is 0.966 bits per heavy atom. The Hall–Kier alpha value is -3.12. The third-order valence-electron chi connectivity index (χ3n) is 5.14. The largest absolute Gasteiger partial charge is 0.322 e. The van der Waals surface area contributed by atoms with Crippen molar-refractivity contribution in [2.24, 2.45) is 0 Å². The van der Waals surface area contributed by atoms with Gasteiger partial charge in [-0.25, -0.2) is 8.42 Å². The van der Waals surface area contributed by atoms with Crippen LogP contribution in [0.25, 0.3) is 0 Å². The van der Waals surface area contributed by atoms with Gasteiger partial charge in [-0.3, -0.25) is 9.10 Å². The number of hydrogen-bond acceptors (Lipinski definition) is 3. The van der Waals surface area contributed by atoms with Crippen molar-refractivity contribution in [1.82, 2.24) is 0 Å². The summed E-state index contributed by atoms with van der Waals surface area (Å²) in [5, 5.41) is 2.90. The average Bonchev–Trinajstić information content (AvgIpc) is 2.74. The van der Waals surface area contributed by atoms with Crippen LogP contribution in [-0.2, 0) is 16.4 Å². The summed E-state index contributed by atoms with van der Waals surface area (Å²) in [6, 6.07) is 21.3. The molecule has 29 heavy (non-hydrogen) atoms. The molecule has 1 amide bonds. The van der Waals surface area contributed by atoms with Gasteiger partial charge in [0.2, 0.25) is 0 Å². The first-order valence-corrected chi connectivity index (χ1v) is 11.0. The Morgan fingerprint density at radius 3 is 2.45 bits per heavy atom. The van der Waals surface area contributed by atoms with Crippen LogP contribution >= 0.6 is 0 Å². The highest BCUT2D eigenvalue weighted by Gasteiger charge is 2.29. The van der Waals surface area contributed by atoms with Gasteiger partial charge in [-0.15, -0.1) is 0 Å². The molecular formula is C23H22N2O3S. The standard InChI is InChI=1S/C23H22N2O3S/c1-17-8-5-6-12-21(17)23(26)24-19-14-13-18-9-7-15-25(22(18)16-19)29(27,28)20-10-3-2-4-11-20/h2-6,8,10-14,16H,7,9,15H2,1H3,(H,24,26). The third kappa shape index (κ3) is 3.76. The first-order chi connectivity index (χ1) is 14.0. The lowest BCUT2D eigenvalue weighted by molar-refractivity contribution is 0.102. The van der Waals surface area contributed by atoms with Crippen molar-refractivity contribution < 1.29 is 13.2 Å². The smallest absolute Gasteiger partial charge is 0.264 e. The molecule has 148 valence electrons. The molecule has 3 aromatic rings. The predicted molar refractivity (Wildman–Crippen MR) is 115 cm³/mol. The van der Waals surface area contributed by atoms with E-state index in [1.54, 1.807) is 42.5 Å². The second kappa shape index (κ2) is 7.72. The summed E-state index contributed by atoms with van der Waals surface area (Å²) >= 11 is 0. The topological polar surface area (TPSA) is 66.5 Å². The highest BCUT2D eigenvalue weighted by atomic mass is 32.2. The third-order valence-corrected chi connectivity index (χ3v) is 6.97. The van der Waals surface area contributed by atoms with E-state index in [9.17, 15) is 13.2 Å². The summed E-state index contributed by atoms with van der Waals surface area (Å²) in [5.74, 6) is -0.212. The molecule has 0 bridgehead atoms. The van der Waals surface area contributed by atoms with E-state index >= 15 is 0 Å². The number of rotatable bonds is 4. The highest BCUT2D eigenvalue weighted by Crippen LogP contribution is 2.34. The fourth-order valence-corrected chi connectivity index (χ4v) is 5.17. The lowest BCUT2D eigenvalue weighted by atomic mass is 10.0. The predicted octanol–water partition coefficient (Wildman–Crippen LogP) is 4.39. The van der Waals surface area contributed by atoms with Gasteiger partial charge in [0.25, 0.3) is 15.9 Å². The number of anilines is 2. The van der Waals surface area contributed by atoms with E-state index in [4.69, 9.17) is 0 Å². The van der Waals surface area contributed by atoms with Crippen LogP contribution in [0, 0.1) is 6.92 Å². The molecule has 1 heterocycles. The Kier molecular flexibility index (Phi) is 5.11. The molecule has 5 nitrogen and oxygen atoms in total. The molecule has 6 heteroatoms. The molecule has 0 fully saturated rings. The number of nitrogens with one attached hydrogen (secondary N) is 1. The van der Waals surface area contributed by atoms with Crippen molar-refractivity contribution in [3.8, 4) is 0 Å². The molecule has 0 saturated heterocycles. The minimum absolute atomic E-state index is 0.212. The van der Waals surface area contributed by atoms with Crippen molar-refractivity contribution in [3.63, 3.8) is 0 Å². The summed E-state index contributed by atoms with van der Waals surface area (Å²) in [6.07, 6.45) is 1.57. The maximum Gasteiger partial charge on any atom is 0.264 e. The minimum atomic E-state index is -3.66.